The lowest BCUT2D eigenvalue weighted by molar-refractivity contribution is -0.128. The molecule has 0 aliphatic carbocycles. The molecule has 1 atom stereocenters. The van der Waals surface area contributed by atoms with E-state index in [1.165, 1.54) is 16.7 Å². The van der Waals surface area contributed by atoms with Crippen LogP contribution in [-0.2, 0) is 28.0 Å². The summed E-state index contributed by atoms with van der Waals surface area (Å²) in [5.74, 6) is 4.97. The fourth-order valence-electron chi connectivity index (χ4n) is 5.80. The number of hydrogen-bond acceptors (Lipinski definition) is 7. The Morgan fingerprint density at radius 1 is 0.860 bits per heavy atom. The van der Waals surface area contributed by atoms with Gasteiger partial charge >= 0.3 is 0 Å². The minimum atomic E-state index is -1.06. The Hall–Kier alpha value is -6.16. The minimum Gasteiger partial charge on any atom is -0.457 e. The molecule has 5 aromatic carbocycles. The number of fused-ring (bicyclic) bond motifs is 1. The van der Waals surface area contributed by atoms with Gasteiger partial charge < -0.3 is 32.3 Å². The number of nitrogens with zero attached hydrogens (tertiary/aromatic N) is 2. The van der Waals surface area contributed by atoms with Crippen molar-refractivity contribution in [1.82, 2.24) is 10.2 Å². The summed E-state index contributed by atoms with van der Waals surface area (Å²) < 4.78 is 6.21. The molecular weight excluding hydrogens is 628 g/mol. The van der Waals surface area contributed by atoms with Gasteiger partial charge in [-0.2, -0.15) is 5.10 Å². The second kappa shape index (κ2) is 15.4. The van der Waals surface area contributed by atoms with Gasteiger partial charge in [-0.25, -0.2) is 0 Å². The van der Waals surface area contributed by atoms with Crippen molar-refractivity contribution in [2.75, 3.05) is 12.3 Å². The Morgan fingerprint density at radius 3 is 2.28 bits per heavy atom. The normalized spacial score (nSPS) is 12.1. The Morgan fingerprint density at radius 2 is 1.58 bits per heavy atom. The molecule has 10 nitrogen and oxygen atoms in total. The number of ether oxygens (including phenoxy) is 1. The number of nitrogen functional groups attached to an aromatic ring is 1. The van der Waals surface area contributed by atoms with E-state index in [1.807, 2.05) is 78.9 Å². The quantitative estimate of drug-likeness (QED) is 0.0579. The van der Waals surface area contributed by atoms with Gasteiger partial charge in [0.1, 0.15) is 17.5 Å². The number of nitrogens with one attached hydrogen (secondary N) is 1. The first-order valence-corrected chi connectivity index (χ1v) is 16.3. The molecule has 7 N–H and O–H groups in total. The maximum Gasteiger partial charge on any atom is 0.254 e. The van der Waals surface area contributed by atoms with Crippen LogP contribution in [0.15, 0.2) is 114 Å². The molecule has 0 fully saturated rings. The summed E-state index contributed by atoms with van der Waals surface area (Å²) in [7, 11) is 0. The smallest absolute Gasteiger partial charge is 0.254 e. The van der Waals surface area contributed by atoms with E-state index in [9.17, 15) is 14.4 Å². The van der Waals surface area contributed by atoms with Gasteiger partial charge in [0.25, 0.3) is 5.91 Å². The topological polar surface area (TPSA) is 166 Å². The van der Waals surface area contributed by atoms with Crippen LogP contribution in [0.1, 0.15) is 53.4 Å². The van der Waals surface area contributed by atoms with E-state index in [1.54, 1.807) is 30.3 Å². The predicted octanol–water partition coefficient (Wildman–Crippen LogP) is 5.66. The maximum atomic E-state index is 14.5. The van der Waals surface area contributed by atoms with Crippen LogP contribution in [0.2, 0.25) is 0 Å². The number of hydrogen-bond donors (Lipinski definition) is 4. The van der Waals surface area contributed by atoms with Crippen LogP contribution in [0.25, 0.3) is 10.8 Å². The Labute approximate surface area is 291 Å². The molecule has 50 heavy (non-hydrogen) atoms. The summed E-state index contributed by atoms with van der Waals surface area (Å²) in [6.45, 7) is 6.10. The highest BCUT2D eigenvalue weighted by molar-refractivity contribution is 6.00. The van der Waals surface area contributed by atoms with Gasteiger partial charge in [-0.3, -0.25) is 14.4 Å². The molecule has 5 aromatic rings. The molecule has 0 spiro atoms. The molecule has 10 heteroatoms. The van der Waals surface area contributed by atoms with Crippen LogP contribution < -0.4 is 27.4 Å². The first-order valence-electron chi connectivity index (χ1n) is 16.3. The highest BCUT2D eigenvalue weighted by atomic mass is 16.5. The highest BCUT2D eigenvalue weighted by Crippen LogP contribution is 2.30. The minimum absolute atomic E-state index is 0.00396. The number of primary amides is 1. The van der Waals surface area contributed by atoms with E-state index in [-0.39, 0.29) is 24.9 Å². The van der Waals surface area contributed by atoms with Gasteiger partial charge in [-0.1, -0.05) is 87.5 Å². The van der Waals surface area contributed by atoms with E-state index >= 15 is 0 Å². The van der Waals surface area contributed by atoms with Crippen molar-refractivity contribution in [3.63, 3.8) is 0 Å². The van der Waals surface area contributed by atoms with Crippen molar-refractivity contribution in [1.29, 1.82) is 0 Å². The van der Waals surface area contributed by atoms with Crippen molar-refractivity contribution < 1.29 is 19.1 Å². The summed E-state index contributed by atoms with van der Waals surface area (Å²) in [4.78, 5) is 41.8. The predicted molar refractivity (Wildman–Crippen MR) is 198 cm³/mol. The zero-order valence-electron chi connectivity index (χ0n) is 28.4. The van der Waals surface area contributed by atoms with Crippen LogP contribution in [0.4, 0.5) is 5.69 Å². The molecule has 0 saturated carbocycles. The summed E-state index contributed by atoms with van der Waals surface area (Å²) in [6.07, 6.45) is 1.56. The number of carbonyl (C=O) groups excluding carboxylic acids is 3. The summed E-state index contributed by atoms with van der Waals surface area (Å²) in [6, 6.07) is 32.3. The van der Waals surface area contributed by atoms with Gasteiger partial charge in [-0.15, -0.1) is 0 Å². The number of anilines is 1. The van der Waals surface area contributed by atoms with Crippen molar-refractivity contribution >= 4 is 40.4 Å². The van der Waals surface area contributed by atoms with Gasteiger partial charge in [0.15, 0.2) is 0 Å². The van der Waals surface area contributed by atoms with Crippen LogP contribution in [0, 0.1) is 0 Å². The number of hydrazone groups is 1. The highest BCUT2D eigenvalue weighted by Gasteiger charge is 2.32. The van der Waals surface area contributed by atoms with Crippen LogP contribution >= 0.6 is 0 Å². The van der Waals surface area contributed by atoms with Crippen molar-refractivity contribution in [2.45, 2.75) is 45.2 Å². The van der Waals surface area contributed by atoms with E-state index in [4.69, 9.17) is 22.0 Å². The Kier molecular flexibility index (Phi) is 10.8. The number of rotatable bonds is 12. The number of carbonyl (C=O) groups is 3. The van der Waals surface area contributed by atoms with Crippen molar-refractivity contribution in [3.8, 4) is 11.5 Å². The monoisotopic (exact) mass is 670 g/mol. The molecule has 0 bridgehead atoms. The lowest BCUT2D eigenvalue weighted by Gasteiger charge is -2.32. The van der Waals surface area contributed by atoms with E-state index in [0.717, 1.165) is 21.9 Å². The van der Waals surface area contributed by atoms with E-state index in [2.05, 4.69) is 31.2 Å². The first-order chi connectivity index (χ1) is 23.9. The van der Waals surface area contributed by atoms with Crippen LogP contribution in [-0.4, -0.2) is 41.4 Å². The fourth-order valence-corrected chi connectivity index (χ4v) is 5.80. The molecule has 0 saturated heterocycles. The molecular formula is C40H42N6O4. The van der Waals surface area contributed by atoms with Gasteiger partial charge in [-0.05, 0) is 75.5 Å². The molecule has 0 aliphatic rings. The first kappa shape index (κ1) is 35.2. The molecule has 0 heterocycles. The Bertz CT molecular complexity index is 2030. The lowest BCUT2D eigenvalue weighted by atomic mass is 9.87. The maximum absolute atomic E-state index is 14.5. The fraction of sp³-hybridized carbons (Fsp3) is 0.200. The average Bonchev–Trinajstić information content (AvgIpc) is 3.10. The van der Waals surface area contributed by atoms with E-state index < -0.39 is 23.8 Å². The molecule has 0 radical (unpaired) electrons. The molecule has 3 amide bonds. The summed E-state index contributed by atoms with van der Waals surface area (Å²) in [5, 5.41) is 7.90. The second-order valence-corrected chi connectivity index (χ2v) is 13.1. The van der Waals surface area contributed by atoms with E-state index in [0.29, 0.717) is 28.3 Å². The largest absolute Gasteiger partial charge is 0.457 e. The summed E-state index contributed by atoms with van der Waals surface area (Å²) in [5.41, 5.74) is 15.9. The van der Waals surface area contributed by atoms with Gasteiger partial charge in [0, 0.05) is 29.6 Å². The number of benzene rings is 5. The average molecular weight is 671 g/mol. The third-order valence-electron chi connectivity index (χ3n) is 8.40. The summed E-state index contributed by atoms with van der Waals surface area (Å²) >= 11 is 0. The zero-order chi connectivity index (χ0) is 35.8. The molecule has 1 unspecified atom stereocenters. The SMILES string of the molecule is CC(C)(C)c1ccc(Oc2cccc(CN(C(=O)c3cccc(C=NN)c3)C(Cc3ccc(N)c4ccccc34)C(=O)NCC(N)=O)c2)cc1. The third kappa shape index (κ3) is 8.65. The van der Waals surface area contributed by atoms with Crippen molar-refractivity contribution in [2.24, 2.45) is 16.7 Å². The van der Waals surface area contributed by atoms with Gasteiger partial charge in [0.05, 0.1) is 12.8 Å². The third-order valence-corrected chi connectivity index (χ3v) is 8.40. The second-order valence-electron chi connectivity index (χ2n) is 13.1. The Balaban J connectivity index is 1.56. The van der Waals surface area contributed by atoms with Crippen LogP contribution in [0.5, 0.6) is 11.5 Å². The molecule has 5 rings (SSSR count). The van der Waals surface area contributed by atoms with Crippen LogP contribution in [0.3, 0.4) is 0 Å². The zero-order valence-corrected chi connectivity index (χ0v) is 28.4. The number of nitrogens with two attached hydrogens (primary N) is 3. The molecule has 0 aromatic heterocycles. The number of amides is 3. The van der Waals surface area contributed by atoms with Crippen molar-refractivity contribution in [3.05, 3.63) is 137 Å². The molecule has 0 aliphatic heterocycles. The lowest BCUT2D eigenvalue weighted by Crippen LogP contribution is -2.51. The standard InChI is InChI=1S/C40H42N6O4/c1-40(2,3)30-15-17-31(18-16-30)50-32-11-7-9-27(21-32)25-46(39(49)29-10-6-8-26(20-29)23-45-43)36(38(48)44-24-37(42)47)22-28-14-19-35(41)34-13-5-4-12-33(28)34/h4-21,23,36H,22,24-25,41,43H2,1-3H3,(H2,42,47)(H,44,48). The molecule has 256 valence electrons. The van der Waals surface area contributed by atoms with Gasteiger partial charge in [0.2, 0.25) is 11.8 Å².